The number of carbonyl (C=O) groups excluding carboxylic acids is 1. The highest BCUT2D eigenvalue weighted by atomic mass is 35.5. The van der Waals surface area contributed by atoms with Crippen LogP contribution in [-0.4, -0.2) is 31.6 Å². The molecular formula is C18H13ClF3N3O5S. The lowest BCUT2D eigenvalue weighted by Crippen LogP contribution is -2.19. The van der Waals surface area contributed by atoms with Gasteiger partial charge < -0.3 is 9.26 Å². The minimum Gasteiger partial charge on any atom is -0.452 e. The maximum Gasteiger partial charge on any atom is 0.416 e. The van der Waals surface area contributed by atoms with Gasteiger partial charge in [-0.1, -0.05) is 28.9 Å². The van der Waals surface area contributed by atoms with Gasteiger partial charge in [-0.15, -0.1) is 0 Å². The van der Waals surface area contributed by atoms with Gasteiger partial charge >= 0.3 is 12.1 Å². The van der Waals surface area contributed by atoms with Crippen molar-refractivity contribution in [1.29, 1.82) is 0 Å². The molecule has 0 unspecified atom stereocenters. The van der Waals surface area contributed by atoms with Crippen LogP contribution in [0.5, 0.6) is 0 Å². The first-order chi connectivity index (χ1) is 14.5. The summed E-state index contributed by atoms with van der Waals surface area (Å²) in [4.78, 5) is 16.0. The van der Waals surface area contributed by atoms with Crippen LogP contribution in [0.3, 0.4) is 0 Å². The zero-order chi connectivity index (χ0) is 22.8. The lowest BCUT2D eigenvalue weighted by atomic mass is 10.1. The molecule has 0 radical (unpaired) electrons. The molecule has 164 valence electrons. The van der Waals surface area contributed by atoms with Crippen molar-refractivity contribution in [2.24, 2.45) is 0 Å². The average molecular weight is 476 g/mol. The second-order valence-corrected chi connectivity index (χ2v) is 8.31. The average Bonchev–Trinajstić information content (AvgIpc) is 3.21. The number of nitrogens with zero attached hydrogens (tertiary/aromatic N) is 2. The number of hydrogen-bond donors (Lipinski definition) is 1. The van der Waals surface area contributed by atoms with E-state index in [-0.39, 0.29) is 32.8 Å². The van der Waals surface area contributed by atoms with Crippen LogP contribution in [0.25, 0.3) is 11.4 Å². The molecule has 1 aromatic heterocycles. The first kappa shape index (κ1) is 22.7. The van der Waals surface area contributed by atoms with E-state index in [0.29, 0.717) is 0 Å². The Bertz CT molecular complexity index is 1230. The van der Waals surface area contributed by atoms with Crippen LogP contribution in [-0.2, 0) is 27.5 Å². The number of halogens is 4. The summed E-state index contributed by atoms with van der Waals surface area (Å²) >= 11 is 5.94. The van der Waals surface area contributed by atoms with E-state index in [1.54, 1.807) is 0 Å². The summed E-state index contributed by atoms with van der Waals surface area (Å²) in [6, 6.07) is 7.79. The Morgan fingerprint density at radius 2 is 1.97 bits per heavy atom. The summed E-state index contributed by atoms with van der Waals surface area (Å²) in [7, 11) is -2.61. The highest BCUT2D eigenvalue weighted by Gasteiger charge is 2.30. The van der Waals surface area contributed by atoms with Crippen molar-refractivity contribution < 1.29 is 35.6 Å². The molecule has 0 aliphatic carbocycles. The Balaban J connectivity index is 1.75. The number of esters is 1. The van der Waals surface area contributed by atoms with Gasteiger partial charge in [-0.2, -0.15) is 18.2 Å². The van der Waals surface area contributed by atoms with E-state index in [4.69, 9.17) is 20.9 Å². The van der Waals surface area contributed by atoms with Gasteiger partial charge in [0.05, 0.1) is 21.0 Å². The third kappa shape index (κ3) is 5.21. The van der Waals surface area contributed by atoms with E-state index in [1.807, 2.05) is 0 Å². The van der Waals surface area contributed by atoms with Gasteiger partial charge in [0.2, 0.25) is 15.8 Å². The highest BCUT2D eigenvalue weighted by molar-refractivity contribution is 7.89. The Kier molecular flexibility index (Phi) is 6.34. The molecule has 0 aliphatic heterocycles. The molecule has 0 spiro atoms. The maximum absolute atomic E-state index is 12.8. The number of benzene rings is 2. The van der Waals surface area contributed by atoms with Crippen LogP contribution in [0.1, 0.15) is 21.8 Å². The van der Waals surface area contributed by atoms with E-state index in [2.05, 4.69) is 14.9 Å². The molecule has 0 atom stereocenters. The molecule has 8 nitrogen and oxygen atoms in total. The van der Waals surface area contributed by atoms with E-state index >= 15 is 0 Å². The summed E-state index contributed by atoms with van der Waals surface area (Å²) in [5.41, 5.74) is -1.03. The summed E-state index contributed by atoms with van der Waals surface area (Å²) < 4.78 is 74.3. The number of nitrogens with one attached hydrogen (secondary N) is 1. The van der Waals surface area contributed by atoms with Crippen LogP contribution >= 0.6 is 11.6 Å². The Morgan fingerprint density at radius 3 is 2.65 bits per heavy atom. The fraction of sp³-hybridized carbons (Fsp3) is 0.167. The second-order valence-electron chi connectivity index (χ2n) is 6.02. The molecule has 3 aromatic rings. The second kappa shape index (κ2) is 8.65. The van der Waals surface area contributed by atoms with Crippen molar-refractivity contribution in [3.05, 3.63) is 64.5 Å². The normalized spacial score (nSPS) is 12.0. The van der Waals surface area contributed by atoms with Gasteiger partial charge in [0.1, 0.15) is 0 Å². The van der Waals surface area contributed by atoms with Gasteiger partial charge in [0, 0.05) is 5.56 Å². The Morgan fingerprint density at radius 1 is 1.23 bits per heavy atom. The lowest BCUT2D eigenvalue weighted by molar-refractivity contribution is -0.137. The maximum atomic E-state index is 12.8. The molecule has 0 saturated heterocycles. The third-order valence-electron chi connectivity index (χ3n) is 3.98. The zero-order valence-corrected chi connectivity index (χ0v) is 17.2. The van der Waals surface area contributed by atoms with Gasteiger partial charge in [0.25, 0.3) is 5.89 Å². The van der Waals surface area contributed by atoms with Crippen molar-refractivity contribution in [1.82, 2.24) is 14.9 Å². The number of rotatable bonds is 6. The van der Waals surface area contributed by atoms with Gasteiger partial charge in [-0.3, -0.25) is 0 Å². The van der Waals surface area contributed by atoms with E-state index in [9.17, 15) is 26.4 Å². The fourth-order valence-electron chi connectivity index (χ4n) is 2.42. The summed E-state index contributed by atoms with van der Waals surface area (Å²) in [5.74, 6) is -1.27. The minimum absolute atomic E-state index is 0.0461. The molecule has 0 bridgehead atoms. The third-order valence-corrected chi connectivity index (χ3v) is 5.72. The van der Waals surface area contributed by atoms with Crippen LogP contribution in [0.15, 0.2) is 51.9 Å². The van der Waals surface area contributed by atoms with Crippen molar-refractivity contribution in [3.8, 4) is 11.4 Å². The number of sulfonamides is 1. The van der Waals surface area contributed by atoms with Gasteiger partial charge in [-0.05, 0) is 37.4 Å². The fourth-order valence-corrected chi connectivity index (χ4v) is 3.37. The van der Waals surface area contributed by atoms with E-state index < -0.39 is 34.3 Å². The quantitative estimate of drug-likeness (QED) is 0.541. The highest BCUT2D eigenvalue weighted by Crippen LogP contribution is 2.31. The molecule has 0 aliphatic rings. The van der Waals surface area contributed by atoms with Crippen molar-refractivity contribution in [2.45, 2.75) is 17.7 Å². The molecule has 0 saturated carbocycles. The van der Waals surface area contributed by atoms with Crippen LogP contribution < -0.4 is 4.72 Å². The van der Waals surface area contributed by atoms with Crippen molar-refractivity contribution >= 4 is 27.6 Å². The summed E-state index contributed by atoms with van der Waals surface area (Å²) in [6.07, 6.45) is -4.54. The number of hydrogen-bond acceptors (Lipinski definition) is 7. The van der Waals surface area contributed by atoms with Crippen LogP contribution in [0.4, 0.5) is 13.2 Å². The van der Waals surface area contributed by atoms with Crippen LogP contribution in [0, 0.1) is 0 Å². The van der Waals surface area contributed by atoms with Crippen molar-refractivity contribution in [2.75, 3.05) is 7.05 Å². The summed E-state index contributed by atoms with van der Waals surface area (Å²) in [5, 5.41) is 3.53. The molecule has 1 heterocycles. The number of ether oxygens (including phenoxy) is 1. The predicted octanol–water partition coefficient (Wildman–Crippen LogP) is 3.67. The molecule has 0 amide bonds. The molecule has 0 fully saturated rings. The van der Waals surface area contributed by atoms with Crippen LogP contribution in [0.2, 0.25) is 5.02 Å². The van der Waals surface area contributed by atoms with Crippen molar-refractivity contribution in [3.63, 3.8) is 0 Å². The lowest BCUT2D eigenvalue weighted by Gasteiger charge is -2.07. The van der Waals surface area contributed by atoms with E-state index in [1.165, 1.54) is 31.3 Å². The zero-order valence-electron chi connectivity index (χ0n) is 15.6. The SMILES string of the molecule is CNS(=O)(=O)c1ccc(Cl)c(C(=O)OCc2nc(-c3cccc(C(F)(F)F)c3)no2)c1. The number of carbonyl (C=O) groups is 1. The van der Waals surface area contributed by atoms with Gasteiger partial charge in [-0.25, -0.2) is 17.9 Å². The molecule has 3 rings (SSSR count). The first-order valence-electron chi connectivity index (χ1n) is 8.41. The standard InChI is InChI=1S/C18H13ClF3N3O5S/c1-23-31(27,28)12-5-6-14(19)13(8-12)17(26)29-9-15-24-16(25-30-15)10-3-2-4-11(7-10)18(20,21)22/h2-8,23H,9H2,1H3. The molecule has 31 heavy (non-hydrogen) atoms. The predicted molar refractivity (Wildman–Crippen MR) is 102 cm³/mol. The monoisotopic (exact) mass is 475 g/mol. The summed E-state index contributed by atoms with van der Waals surface area (Å²) in [6.45, 7) is -0.510. The largest absolute Gasteiger partial charge is 0.452 e. The Hall–Kier alpha value is -2.96. The number of alkyl halides is 3. The molecule has 2 aromatic carbocycles. The minimum atomic E-state index is -4.54. The molecule has 13 heteroatoms. The van der Waals surface area contributed by atoms with E-state index in [0.717, 1.165) is 18.2 Å². The topological polar surface area (TPSA) is 111 Å². The molecular weight excluding hydrogens is 463 g/mol. The number of aromatic nitrogens is 2. The smallest absolute Gasteiger partial charge is 0.416 e. The molecule has 1 N–H and O–H groups in total. The van der Waals surface area contributed by atoms with Gasteiger partial charge in [0.15, 0.2) is 6.61 Å². The first-order valence-corrected chi connectivity index (χ1v) is 10.3. The Labute approximate surface area is 179 Å².